The summed E-state index contributed by atoms with van der Waals surface area (Å²) >= 11 is 1.99. The summed E-state index contributed by atoms with van der Waals surface area (Å²) in [7, 11) is 0. The molecule has 0 atom stereocenters. The zero-order valence-corrected chi connectivity index (χ0v) is 10.5. The van der Waals surface area contributed by atoms with E-state index in [0.29, 0.717) is 5.41 Å². The highest BCUT2D eigenvalue weighted by molar-refractivity contribution is 8.00. The van der Waals surface area contributed by atoms with Gasteiger partial charge in [-0.15, -0.1) is 0 Å². The van der Waals surface area contributed by atoms with Crippen molar-refractivity contribution >= 4 is 11.8 Å². The molecular weight excluding hydrogens is 220 g/mol. The van der Waals surface area contributed by atoms with Crippen molar-refractivity contribution in [2.45, 2.75) is 20.3 Å². The molecule has 0 aromatic rings. The number of aliphatic hydroxyl groups is 1. The van der Waals surface area contributed by atoms with Crippen LogP contribution in [0.25, 0.3) is 0 Å². The molecule has 4 heteroatoms. The Hall–Kier alpha value is -0.870. The summed E-state index contributed by atoms with van der Waals surface area (Å²) in [5.74, 6) is 8.55. The zero-order chi connectivity index (χ0) is 11.8. The first kappa shape index (κ1) is 11.6. The SMILES string of the molecule is C/C(CC1(C)CSC1)=C1\C=C(O)C=CN1N. The molecule has 2 rings (SSSR count). The summed E-state index contributed by atoms with van der Waals surface area (Å²) in [6.07, 6.45) is 6.05. The van der Waals surface area contributed by atoms with E-state index in [0.717, 1.165) is 12.1 Å². The molecule has 2 aliphatic heterocycles. The third-order valence-electron chi connectivity index (χ3n) is 3.00. The van der Waals surface area contributed by atoms with Gasteiger partial charge in [-0.2, -0.15) is 11.8 Å². The van der Waals surface area contributed by atoms with Gasteiger partial charge in [-0.25, -0.2) is 5.84 Å². The Morgan fingerprint density at radius 3 is 2.88 bits per heavy atom. The van der Waals surface area contributed by atoms with Crippen LogP contribution < -0.4 is 5.84 Å². The fourth-order valence-electron chi connectivity index (χ4n) is 2.13. The first-order valence-corrected chi connectivity index (χ1v) is 6.56. The van der Waals surface area contributed by atoms with Crippen molar-refractivity contribution in [1.82, 2.24) is 5.01 Å². The van der Waals surface area contributed by atoms with Crippen molar-refractivity contribution in [3.05, 3.63) is 35.4 Å². The number of aliphatic hydroxyl groups excluding tert-OH is 1. The van der Waals surface area contributed by atoms with E-state index in [1.807, 2.05) is 11.8 Å². The van der Waals surface area contributed by atoms with Gasteiger partial charge in [0, 0.05) is 12.3 Å². The summed E-state index contributed by atoms with van der Waals surface area (Å²) in [6.45, 7) is 4.39. The molecule has 0 spiro atoms. The first-order valence-electron chi connectivity index (χ1n) is 5.40. The third kappa shape index (κ3) is 2.28. The second kappa shape index (κ2) is 4.18. The molecule has 0 radical (unpaired) electrons. The van der Waals surface area contributed by atoms with E-state index in [9.17, 15) is 5.11 Å². The van der Waals surface area contributed by atoms with Crippen molar-refractivity contribution in [3.63, 3.8) is 0 Å². The molecule has 0 aromatic heterocycles. The van der Waals surface area contributed by atoms with Crippen LogP contribution in [0.3, 0.4) is 0 Å². The predicted octanol–water partition coefficient (Wildman–Crippen LogP) is 2.55. The fraction of sp³-hybridized carbons (Fsp3) is 0.500. The quantitative estimate of drug-likeness (QED) is 0.726. The molecule has 0 amide bonds. The molecule has 0 bridgehead atoms. The minimum Gasteiger partial charge on any atom is -0.508 e. The van der Waals surface area contributed by atoms with Crippen LogP contribution >= 0.6 is 11.8 Å². The molecule has 1 saturated heterocycles. The molecule has 0 unspecified atom stereocenters. The van der Waals surface area contributed by atoms with Crippen LogP contribution in [0.5, 0.6) is 0 Å². The Kier molecular flexibility index (Phi) is 3.04. The number of nitrogens with two attached hydrogens (primary N) is 1. The van der Waals surface area contributed by atoms with Gasteiger partial charge in [0.05, 0.1) is 5.70 Å². The van der Waals surface area contributed by atoms with E-state index < -0.39 is 0 Å². The molecule has 3 nitrogen and oxygen atoms in total. The van der Waals surface area contributed by atoms with Crippen LogP contribution in [-0.4, -0.2) is 21.6 Å². The number of allylic oxidation sites excluding steroid dienone is 3. The Morgan fingerprint density at radius 1 is 1.62 bits per heavy atom. The van der Waals surface area contributed by atoms with Crippen LogP contribution in [-0.2, 0) is 0 Å². The monoisotopic (exact) mass is 238 g/mol. The smallest absolute Gasteiger partial charge is 0.119 e. The lowest BCUT2D eigenvalue weighted by Gasteiger charge is -2.38. The van der Waals surface area contributed by atoms with E-state index in [1.54, 1.807) is 23.4 Å². The van der Waals surface area contributed by atoms with Crippen LogP contribution in [0, 0.1) is 5.41 Å². The largest absolute Gasteiger partial charge is 0.508 e. The maximum atomic E-state index is 9.47. The second-order valence-corrected chi connectivity index (χ2v) is 5.92. The minimum absolute atomic E-state index is 0.268. The number of rotatable bonds is 2. The normalized spacial score (nSPS) is 26.2. The van der Waals surface area contributed by atoms with E-state index in [1.165, 1.54) is 17.1 Å². The molecule has 88 valence electrons. The lowest BCUT2D eigenvalue weighted by molar-refractivity contribution is 0.385. The van der Waals surface area contributed by atoms with Gasteiger partial charge in [-0.3, -0.25) is 5.01 Å². The summed E-state index contributed by atoms with van der Waals surface area (Å²) < 4.78 is 0. The number of thioether (sulfide) groups is 1. The minimum atomic E-state index is 0.268. The molecule has 2 aliphatic rings. The van der Waals surface area contributed by atoms with E-state index >= 15 is 0 Å². The zero-order valence-electron chi connectivity index (χ0n) is 9.73. The Morgan fingerprint density at radius 2 is 2.31 bits per heavy atom. The van der Waals surface area contributed by atoms with Crippen LogP contribution in [0.15, 0.2) is 35.4 Å². The predicted molar refractivity (Wildman–Crippen MR) is 68.6 cm³/mol. The van der Waals surface area contributed by atoms with Gasteiger partial charge in [0.1, 0.15) is 5.76 Å². The van der Waals surface area contributed by atoms with Gasteiger partial charge in [-0.1, -0.05) is 6.92 Å². The van der Waals surface area contributed by atoms with Gasteiger partial charge in [0.25, 0.3) is 0 Å². The lowest BCUT2D eigenvalue weighted by atomic mass is 9.86. The summed E-state index contributed by atoms with van der Waals surface area (Å²) in [6, 6.07) is 0. The van der Waals surface area contributed by atoms with Crippen molar-refractivity contribution in [2.24, 2.45) is 11.3 Å². The molecule has 0 aromatic carbocycles. The number of hydrogen-bond acceptors (Lipinski definition) is 4. The van der Waals surface area contributed by atoms with Crippen molar-refractivity contribution < 1.29 is 5.11 Å². The van der Waals surface area contributed by atoms with Gasteiger partial charge in [-0.05, 0) is 41.9 Å². The fourth-order valence-corrected chi connectivity index (χ4v) is 3.23. The Labute approximate surface area is 101 Å². The first-order chi connectivity index (χ1) is 7.50. The third-order valence-corrected chi connectivity index (χ3v) is 4.80. The molecule has 0 saturated carbocycles. The maximum Gasteiger partial charge on any atom is 0.119 e. The molecule has 2 heterocycles. The molecule has 3 N–H and O–H groups in total. The number of nitrogens with zero attached hydrogens (tertiary/aromatic N) is 1. The maximum absolute atomic E-state index is 9.47. The average Bonchev–Trinajstić information content (AvgIpc) is 2.19. The van der Waals surface area contributed by atoms with Crippen molar-refractivity contribution in [3.8, 4) is 0 Å². The van der Waals surface area contributed by atoms with Gasteiger partial charge in [0.2, 0.25) is 0 Å². The molecule has 16 heavy (non-hydrogen) atoms. The van der Waals surface area contributed by atoms with Crippen LogP contribution in [0.2, 0.25) is 0 Å². The Bertz CT molecular complexity index is 380. The standard InChI is InChI=1S/C12H18N2OS/c1-9(6-12(2)7-16-8-12)11-5-10(15)3-4-14(11)13/h3-5,15H,6-8,13H2,1-2H3/b11-9-. The summed E-state index contributed by atoms with van der Waals surface area (Å²) in [4.78, 5) is 0. The van der Waals surface area contributed by atoms with Gasteiger partial charge in [0.15, 0.2) is 0 Å². The van der Waals surface area contributed by atoms with Crippen molar-refractivity contribution in [1.29, 1.82) is 0 Å². The molecule has 0 aliphatic carbocycles. The van der Waals surface area contributed by atoms with Crippen LogP contribution in [0.1, 0.15) is 20.3 Å². The highest BCUT2D eigenvalue weighted by atomic mass is 32.2. The number of hydrazine groups is 1. The van der Waals surface area contributed by atoms with Crippen LogP contribution in [0.4, 0.5) is 0 Å². The summed E-state index contributed by atoms with van der Waals surface area (Å²) in [5.41, 5.74) is 2.56. The van der Waals surface area contributed by atoms with E-state index in [4.69, 9.17) is 5.84 Å². The number of hydrogen-bond donors (Lipinski definition) is 2. The van der Waals surface area contributed by atoms with Crippen molar-refractivity contribution in [2.75, 3.05) is 11.5 Å². The molecular formula is C12H18N2OS. The van der Waals surface area contributed by atoms with E-state index in [2.05, 4.69) is 13.8 Å². The Balaban J connectivity index is 2.16. The van der Waals surface area contributed by atoms with Gasteiger partial charge < -0.3 is 5.11 Å². The molecule has 1 fully saturated rings. The average molecular weight is 238 g/mol. The second-order valence-electron chi connectivity index (χ2n) is 4.94. The highest BCUT2D eigenvalue weighted by Gasteiger charge is 2.33. The lowest BCUT2D eigenvalue weighted by Crippen LogP contribution is -2.33. The summed E-state index contributed by atoms with van der Waals surface area (Å²) in [5, 5.41) is 11.0. The van der Waals surface area contributed by atoms with Gasteiger partial charge >= 0.3 is 0 Å². The van der Waals surface area contributed by atoms with E-state index in [-0.39, 0.29) is 5.76 Å². The topological polar surface area (TPSA) is 49.5 Å². The highest BCUT2D eigenvalue weighted by Crippen LogP contribution is 2.43.